The molecule has 1 unspecified atom stereocenters. The lowest BCUT2D eigenvalue weighted by Gasteiger charge is -2.25. The van der Waals surface area contributed by atoms with Crippen LogP contribution in [-0.4, -0.2) is 40.3 Å². The van der Waals surface area contributed by atoms with Gasteiger partial charge in [0, 0.05) is 19.0 Å². The molecule has 0 bridgehead atoms. The van der Waals surface area contributed by atoms with Crippen molar-refractivity contribution in [1.29, 1.82) is 0 Å². The Morgan fingerprint density at radius 1 is 1.03 bits per heavy atom. The third-order valence-electron chi connectivity index (χ3n) is 6.23. The van der Waals surface area contributed by atoms with E-state index in [4.69, 9.17) is 9.47 Å². The van der Waals surface area contributed by atoms with Gasteiger partial charge in [-0.25, -0.2) is 8.42 Å². The van der Waals surface area contributed by atoms with E-state index in [-0.39, 0.29) is 24.9 Å². The van der Waals surface area contributed by atoms with Crippen LogP contribution in [0.5, 0.6) is 11.5 Å². The number of sulfonamides is 1. The highest BCUT2D eigenvalue weighted by Crippen LogP contribution is 2.34. The molecule has 0 aromatic heterocycles. The van der Waals surface area contributed by atoms with Gasteiger partial charge in [-0.05, 0) is 67.9 Å². The van der Waals surface area contributed by atoms with Crippen LogP contribution < -0.4 is 19.1 Å². The van der Waals surface area contributed by atoms with Crippen LogP contribution in [0.15, 0.2) is 36.4 Å². The maximum Gasteiger partial charge on any atom is 0.232 e. The average molecular weight is 473 g/mol. The molecule has 33 heavy (non-hydrogen) atoms. The van der Waals surface area contributed by atoms with E-state index in [2.05, 4.69) is 23.5 Å². The molecule has 8 heteroatoms. The number of rotatable bonds is 8. The summed E-state index contributed by atoms with van der Waals surface area (Å²) in [5.41, 5.74) is 4.43. The standard InChI is InChI=1S/C25H32N2O5S/c1-18(20-10-9-19-6-3-4-7-21(19)16-20)26-25(28)8-5-13-27(33(2,29)30)22-11-12-23-24(17-22)32-15-14-31-23/h9-12,16-18H,3-8,13-15H2,1-2H3,(H,26,28). The molecule has 178 valence electrons. The van der Waals surface area contributed by atoms with Crippen LogP contribution in [0.1, 0.15) is 55.3 Å². The van der Waals surface area contributed by atoms with Gasteiger partial charge in [-0.2, -0.15) is 0 Å². The van der Waals surface area contributed by atoms with Gasteiger partial charge in [0.25, 0.3) is 0 Å². The molecule has 2 aromatic rings. The maximum atomic E-state index is 12.6. The van der Waals surface area contributed by atoms with Gasteiger partial charge >= 0.3 is 0 Å². The van der Waals surface area contributed by atoms with Crippen LogP contribution >= 0.6 is 0 Å². The molecule has 1 aliphatic heterocycles. The lowest BCUT2D eigenvalue weighted by atomic mass is 9.89. The molecule has 1 amide bonds. The first-order valence-electron chi connectivity index (χ1n) is 11.6. The third kappa shape index (κ3) is 5.79. The number of ether oxygens (including phenoxy) is 2. The lowest BCUT2D eigenvalue weighted by Crippen LogP contribution is -2.32. The number of anilines is 1. The molecule has 0 fully saturated rings. The fourth-order valence-corrected chi connectivity index (χ4v) is 5.43. The second kappa shape index (κ2) is 10.0. The molecular weight excluding hydrogens is 440 g/mol. The minimum atomic E-state index is -3.51. The molecule has 4 rings (SSSR count). The Morgan fingerprint density at radius 2 is 1.76 bits per heavy atom. The summed E-state index contributed by atoms with van der Waals surface area (Å²) in [6, 6.07) is 11.5. The lowest BCUT2D eigenvalue weighted by molar-refractivity contribution is -0.121. The number of hydrogen-bond donors (Lipinski definition) is 1. The number of carbonyl (C=O) groups excluding carboxylic acids is 1. The third-order valence-corrected chi connectivity index (χ3v) is 7.42. The van der Waals surface area contributed by atoms with Crippen molar-refractivity contribution in [1.82, 2.24) is 5.32 Å². The van der Waals surface area contributed by atoms with E-state index in [0.29, 0.717) is 36.8 Å². The van der Waals surface area contributed by atoms with Gasteiger partial charge in [0.15, 0.2) is 11.5 Å². The summed E-state index contributed by atoms with van der Waals surface area (Å²) in [5, 5.41) is 3.05. The van der Waals surface area contributed by atoms with E-state index in [1.54, 1.807) is 18.2 Å². The molecule has 1 atom stereocenters. The van der Waals surface area contributed by atoms with Crippen molar-refractivity contribution in [2.24, 2.45) is 0 Å². The molecule has 1 N–H and O–H groups in total. The fourth-order valence-electron chi connectivity index (χ4n) is 4.48. The predicted molar refractivity (Wildman–Crippen MR) is 128 cm³/mol. The molecule has 2 aromatic carbocycles. The Bertz CT molecular complexity index is 1120. The Morgan fingerprint density at radius 3 is 2.52 bits per heavy atom. The minimum Gasteiger partial charge on any atom is -0.486 e. The van der Waals surface area contributed by atoms with Crippen LogP contribution in [0.25, 0.3) is 0 Å². The first-order chi connectivity index (χ1) is 15.8. The smallest absolute Gasteiger partial charge is 0.232 e. The number of nitrogens with zero attached hydrogens (tertiary/aromatic N) is 1. The summed E-state index contributed by atoms with van der Waals surface area (Å²) >= 11 is 0. The monoisotopic (exact) mass is 472 g/mol. The van der Waals surface area contributed by atoms with Gasteiger partial charge in [-0.1, -0.05) is 18.2 Å². The molecule has 0 saturated heterocycles. The fraction of sp³-hybridized carbons (Fsp3) is 0.480. The Labute approximate surface area is 196 Å². The van der Waals surface area contributed by atoms with Gasteiger partial charge in [0.1, 0.15) is 13.2 Å². The highest BCUT2D eigenvalue weighted by molar-refractivity contribution is 7.92. The van der Waals surface area contributed by atoms with Gasteiger partial charge in [0.05, 0.1) is 18.0 Å². The SMILES string of the molecule is CC(NC(=O)CCCN(c1ccc2c(c1)OCCO2)S(C)(=O)=O)c1ccc2c(c1)CCCC2. The van der Waals surface area contributed by atoms with E-state index >= 15 is 0 Å². The van der Waals surface area contributed by atoms with Crippen LogP contribution in [0.3, 0.4) is 0 Å². The van der Waals surface area contributed by atoms with Crippen molar-refractivity contribution in [3.05, 3.63) is 53.1 Å². The van der Waals surface area contributed by atoms with Crippen LogP contribution in [-0.2, 0) is 27.7 Å². The van der Waals surface area contributed by atoms with Crippen molar-refractivity contribution >= 4 is 21.6 Å². The predicted octanol–water partition coefficient (Wildman–Crippen LogP) is 3.76. The van der Waals surface area contributed by atoms with Crippen molar-refractivity contribution in [2.45, 2.75) is 51.5 Å². The van der Waals surface area contributed by atoms with Gasteiger partial charge in [-0.15, -0.1) is 0 Å². The Kier molecular flexibility index (Phi) is 7.12. The molecular formula is C25H32N2O5S. The van der Waals surface area contributed by atoms with Gasteiger partial charge < -0.3 is 14.8 Å². The van der Waals surface area contributed by atoms with E-state index in [1.807, 2.05) is 6.92 Å². The summed E-state index contributed by atoms with van der Waals surface area (Å²) in [6.45, 7) is 3.10. The maximum absolute atomic E-state index is 12.6. The van der Waals surface area contributed by atoms with Gasteiger partial charge in [0.2, 0.25) is 15.9 Å². The topological polar surface area (TPSA) is 84.9 Å². The number of fused-ring (bicyclic) bond motifs is 2. The molecule has 0 saturated carbocycles. The van der Waals surface area contributed by atoms with Crippen molar-refractivity contribution < 1.29 is 22.7 Å². The van der Waals surface area contributed by atoms with E-state index in [0.717, 1.165) is 18.4 Å². The summed E-state index contributed by atoms with van der Waals surface area (Å²) in [4.78, 5) is 12.6. The van der Waals surface area contributed by atoms with Crippen molar-refractivity contribution in [3.8, 4) is 11.5 Å². The number of aryl methyl sites for hydroxylation is 2. The molecule has 1 heterocycles. The molecule has 2 aliphatic rings. The van der Waals surface area contributed by atoms with E-state index < -0.39 is 10.0 Å². The number of hydrogen-bond acceptors (Lipinski definition) is 5. The molecule has 1 aliphatic carbocycles. The van der Waals surface area contributed by atoms with E-state index in [1.165, 1.54) is 34.5 Å². The Balaban J connectivity index is 1.34. The summed E-state index contributed by atoms with van der Waals surface area (Å²) in [5.74, 6) is 1.05. The van der Waals surface area contributed by atoms with Crippen LogP contribution in [0.2, 0.25) is 0 Å². The quantitative estimate of drug-likeness (QED) is 0.632. The van der Waals surface area contributed by atoms with Gasteiger partial charge in [-0.3, -0.25) is 9.10 Å². The normalized spacial score (nSPS) is 15.9. The van der Waals surface area contributed by atoms with Crippen LogP contribution in [0.4, 0.5) is 5.69 Å². The zero-order valence-electron chi connectivity index (χ0n) is 19.3. The van der Waals surface area contributed by atoms with E-state index in [9.17, 15) is 13.2 Å². The highest BCUT2D eigenvalue weighted by atomic mass is 32.2. The molecule has 0 spiro atoms. The summed E-state index contributed by atoms with van der Waals surface area (Å²) < 4.78 is 37.2. The zero-order chi connectivity index (χ0) is 23.4. The summed E-state index contributed by atoms with van der Waals surface area (Å²) in [6.07, 6.45) is 6.52. The van der Waals surface area contributed by atoms with Crippen molar-refractivity contribution in [2.75, 3.05) is 30.3 Å². The number of benzene rings is 2. The first-order valence-corrected chi connectivity index (χ1v) is 13.4. The van der Waals surface area contributed by atoms with Crippen LogP contribution in [0, 0.1) is 0 Å². The number of nitrogens with one attached hydrogen (secondary N) is 1. The zero-order valence-corrected chi connectivity index (χ0v) is 20.1. The number of amides is 1. The Hall–Kier alpha value is -2.74. The molecule has 0 radical (unpaired) electrons. The summed E-state index contributed by atoms with van der Waals surface area (Å²) in [7, 11) is -3.51. The molecule has 7 nitrogen and oxygen atoms in total. The largest absolute Gasteiger partial charge is 0.486 e. The number of carbonyl (C=O) groups is 1. The minimum absolute atomic E-state index is 0.0872. The highest BCUT2D eigenvalue weighted by Gasteiger charge is 2.21. The second-order valence-corrected chi connectivity index (χ2v) is 10.7. The first kappa shape index (κ1) is 23.4. The van der Waals surface area contributed by atoms with Crippen molar-refractivity contribution in [3.63, 3.8) is 0 Å². The second-order valence-electron chi connectivity index (χ2n) is 8.79. The average Bonchev–Trinajstić information content (AvgIpc) is 2.80.